The zero-order valence-electron chi connectivity index (χ0n) is 12.1. The number of hydrogen-bond acceptors (Lipinski definition) is 4. The molecular formula is C12H20ClN3O3S. The Labute approximate surface area is 124 Å². The highest BCUT2D eigenvalue weighted by atomic mass is 35.5. The molecule has 8 heteroatoms. The summed E-state index contributed by atoms with van der Waals surface area (Å²) in [4.78, 5) is 0.253. The van der Waals surface area contributed by atoms with E-state index < -0.39 is 15.6 Å². The Bertz CT molecular complexity index is 578. The quantitative estimate of drug-likeness (QED) is 0.855. The Kier molecular flexibility index (Phi) is 4.17. The van der Waals surface area contributed by atoms with Gasteiger partial charge in [0.25, 0.3) is 0 Å². The fraction of sp³-hybridized carbons (Fsp3) is 0.750. The smallest absolute Gasteiger partial charge is 0.246 e. The summed E-state index contributed by atoms with van der Waals surface area (Å²) < 4.78 is 32.8. The molecule has 1 aliphatic rings. The topological polar surface area (TPSA) is 75.3 Å². The number of halogens is 1. The second kappa shape index (κ2) is 5.29. The van der Waals surface area contributed by atoms with E-state index in [-0.39, 0.29) is 23.4 Å². The van der Waals surface area contributed by atoms with Crippen LogP contribution in [0.5, 0.6) is 0 Å². The van der Waals surface area contributed by atoms with Crippen LogP contribution in [-0.2, 0) is 14.8 Å². The number of aromatic nitrogens is 2. The van der Waals surface area contributed by atoms with Crippen molar-refractivity contribution in [2.24, 2.45) is 0 Å². The number of aryl methyl sites for hydroxylation is 2. The number of nitrogens with zero attached hydrogens (tertiary/aromatic N) is 2. The van der Waals surface area contributed by atoms with Crippen LogP contribution in [0.2, 0.25) is 0 Å². The van der Waals surface area contributed by atoms with Crippen molar-refractivity contribution < 1.29 is 13.2 Å². The Morgan fingerprint density at radius 1 is 1.50 bits per heavy atom. The van der Waals surface area contributed by atoms with Gasteiger partial charge in [-0.05, 0) is 27.7 Å². The Morgan fingerprint density at radius 2 is 2.15 bits per heavy atom. The van der Waals surface area contributed by atoms with Crippen molar-refractivity contribution in [3.8, 4) is 0 Å². The van der Waals surface area contributed by atoms with Crippen molar-refractivity contribution in [2.75, 3.05) is 19.0 Å². The summed E-state index contributed by atoms with van der Waals surface area (Å²) in [6.45, 7) is 7.68. The average Bonchev–Trinajstić information content (AvgIpc) is 2.67. The van der Waals surface area contributed by atoms with Gasteiger partial charge in [-0.25, -0.2) is 8.42 Å². The monoisotopic (exact) mass is 321 g/mol. The molecule has 2 heterocycles. The van der Waals surface area contributed by atoms with Gasteiger partial charge in [0.2, 0.25) is 10.0 Å². The molecule has 1 aromatic rings. The van der Waals surface area contributed by atoms with Crippen molar-refractivity contribution in [3.05, 3.63) is 11.4 Å². The molecule has 0 saturated carbocycles. The molecule has 0 amide bonds. The molecule has 1 aliphatic heterocycles. The van der Waals surface area contributed by atoms with Gasteiger partial charge in [-0.15, -0.1) is 11.6 Å². The van der Waals surface area contributed by atoms with Gasteiger partial charge in [-0.2, -0.15) is 9.40 Å². The zero-order valence-corrected chi connectivity index (χ0v) is 13.7. The Hall–Kier alpha value is -0.630. The van der Waals surface area contributed by atoms with Crippen molar-refractivity contribution in [3.63, 3.8) is 0 Å². The number of alkyl halides is 1. The van der Waals surface area contributed by atoms with Crippen LogP contribution in [0.4, 0.5) is 0 Å². The van der Waals surface area contributed by atoms with E-state index >= 15 is 0 Å². The first-order valence-electron chi connectivity index (χ1n) is 6.43. The molecule has 0 spiro atoms. The minimum atomic E-state index is -3.59. The Balaban J connectivity index is 2.39. The second-order valence-corrected chi connectivity index (χ2v) is 7.90. The summed E-state index contributed by atoms with van der Waals surface area (Å²) in [5.41, 5.74) is 0.472. The number of hydrogen-bond donors (Lipinski definition) is 1. The minimum Gasteiger partial charge on any atom is -0.368 e. The van der Waals surface area contributed by atoms with Crippen molar-refractivity contribution in [1.29, 1.82) is 0 Å². The SMILES string of the molecule is Cc1n[nH]c(C)c1S(=O)(=O)N1CC(CCl)OC(C)(C)C1. The summed E-state index contributed by atoms with van der Waals surface area (Å²) in [5.74, 6) is 0.263. The summed E-state index contributed by atoms with van der Waals surface area (Å²) in [6, 6.07) is 0. The third kappa shape index (κ3) is 2.86. The van der Waals surface area contributed by atoms with Gasteiger partial charge in [0.05, 0.1) is 23.1 Å². The normalized spacial score (nSPS) is 23.9. The lowest BCUT2D eigenvalue weighted by atomic mass is 10.1. The predicted octanol–water partition coefficient (Wildman–Crippen LogP) is 1.43. The van der Waals surface area contributed by atoms with E-state index in [0.717, 1.165) is 0 Å². The molecule has 1 saturated heterocycles. The van der Waals surface area contributed by atoms with Gasteiger partial charge in [-0.1, -0.05) is 0 Å². The molecule has 6 nitrogen and oxygen atoms in total. The number of H-pyrrole nitrogens is 1. The molecule has 1 unspecified atom stereocenters. The van der Waals surface area contributed by atoms with E-state index in [1.807, 2.05) is 13.8 Å². The highest BCUT2D eigenvalue weighted by Crippen LogP contribution is 2.28. The summed E-state index contributed by atoms with van der Waals surface area (Å²) in [6.07, 6.45) is -0.303. The van der Waals surface area contributed by atoms with Crippen LogP contribution >= 0.6 is 11.6 Å². The fourth-order valence-electron chi connectivity index (χ4n) is 2.56. The van der Waals surface area contributed by atoms with Crippen LogP contribution in [0.3, 0.4) is 0 Å². The molecule has 0 bridgehead atoms. The number of rotatable bonds is 3. The number of ether oxygens (including phenoxy) is 1. The Morgan fingerprint density at radius 3 is 2.65 bits per heavy atom. The zero-order chi connectivity index (χ0) is 15.1. The van der Waals surface area contributed by atoms with E-state index in [4.69, 9.17) is 16.3 Å². The second-order valence-electron chi connectivity index (χ2n) is 5.71. The minimum absolute atomic E-state index is 0.253. The molecule has 0 aliphatic carbocycles. The average molecular weight is 322 g/mol. The molecule has 114 valence electrons. The van der Waals surface area contributed by atoms with Crippen LogP contribution in [0, 0.1) is 13.8 Å². The fourth-order valence-corrected chi connectivity index (χ4v) is 4.67. The third-order valence-electron chi connectivity index (χ3n) is 3.28. The van der Waals surface area contributed by atoms with Crippen LogP contribution in [-0.4, -0.2) is 53.6 Å². The standard InChI is InChI=1S/C12H20ClN3O3S/c1-8-11(9(2)15-14-8)20(17,18)16-6-10(5-13)19-12(3,4)7-16/h10H,5-7H2,1-4H3,(H,14,15). The molecule has 1 atom stereocenters. The van der Waals surface area contributed by atoms with E-state index in [9.17, 15) is 8.42 Å². The molecule has 2 rings (SSSR count). The lowest BCUT2D eigenvalue weighted by Crippen LogP contribution is -2.55. The van der Waals surface area contributed by atoms with E-state index in [0.29, 0.717) is 17.9 Å². The van der Waals surface area contributed by atoms with Crippen LogP contribution < -0.4 is 0 Å². The summed E-state index contributed by atoms with van der Waals surface area (Å²) in [7, 11) is -3.59. The third-order valence-corrected chi connectivity index (χ3v) is 5.70. The van der Waals surface area contributed by atoms with Crippen molar-refractivity contribution in [1.82, 2.24) is 14.5 Å². The molecule has 20 heavy (non-hydrogen) atoms. The van der Waals surface area contributed by atoms with E-state index in [1.165, 1.54) is 4.31 Å². The molecule has 0 aromatic carbocycles. The first-order chi connectivity index (χ1) is 9.17. The molecular weight excluding hydrogens is 302 g/mol. The van der Waals surface area contributed by atoms with Gasteiger partial charge in [-0.3, -0.25) is 5.10 Å². The number of aromatic amines is 1. The lowest BCUT2D eigenvalue weighted by molar-refractivity contribution is -0.107. The predicted molar refractivity (Wildman–Crippen MR) is 76.5 cm³/mol. The van der Waals surface area contributed by atoms with Gasteiger partial charge in [0.1, 0.15) is 4.90 Å². The largest absolute Gasteiger partial charge is 0.368 e. The van der Waals surface area contributed by atoms with Crippen LogP contribution in [0.1, 0.15) is 25.2 Å². The summed E-state index contributed by atoms with van der Waals surface area (Å²) >= 11 is 5.85. The maximum Gasteiger partial charge on any atom is 0.246 e. The van der Waals surface area contributed by atoms with Crippen molar-refractivity contribution in [2.45, 2.75) is 44.3 Å². The van der Waals surface area contributed by atoms with Crippen LogP contribution in [0.15, 0.2) is 4.90 Å². The highest BCUT2D eigenvalue weighted by molar-refractivity contribution is 7.89. The van der Waals surface area contributed by atoms with Gasteiger partial charge < -0.3 is 4.74 Å². The number of nitrogens with one attached hydrogen (secondary N) is 1. The maximum atomic E-state index is 12.8. The molecule has 1 aromatic heterocycles. The molecule has 1 N–H and O–H groups in total. The van der Waals surface area contributed by atoms with Crippen LogP contribution in [0.25, 0.3) is 0 Å². The van der Waals surface area contributed by atoms with Crippen molar-refractivity contribution >= 4 is 21.6 Å². The van der Waals surface area contributed by atoms with E-state index in [2.05, 4.69) is 10.2 Å². The van der Waals surface area contributed by atoms with E-state index in [1.54, 1.807) is 13.8 Å². The number of sulfonamides is 1. The molecule has 1 fully saturated rings. The van der Waals surface area contributed by atoms with Gasteiger partial charge in [0, 0.05) is 19.0 Å². The lowest BCUT2D eigenvalue weighted by Gasteiger charge is -2.41. The first kappa shape index (κ1) is 15.8. The summed E-state index contributed by atoms with van der Waals surface area (Å²) in [5, 5.41) is 6.68. The number of morpholine rings is 1. The maximum absolute atomic E-state index is 12.8. The highest BCUT2D eigenvalue weighted by Gasteiger charge is 2.40. The molecule has 0 radical (unpaired) electrons. The van der Waals surface area contributed by atoms with Gasteiger partial charge >= 0.3 is 0 Å². The van der Waals surface area contributed by atoms with Gasteiger partial charge in [0.15, 0.2) is 0 Å². The first-order valence-corrected chi connectivity index (χ1v) is 8.40.